The second kappa shape index (κ2) is 8.58. The summed E-state index contributed by atoms with van der Waals surface area (Å²) < 4.78 is 69.6. The van der Waals surface area contributed by atoms with Gasteiger partial charge in [-0.15, -0.1) is 0 Å². The average molecular weight is 462 g/mol. The monoisotopic (exact) mass is 462 g/mol. The van der Waals surface area contributed by atoms with Crippen LogP contribution in [0.1, 0.15) is 63.5 Å². The normalized spacial score (nSPS) is 18.9. The molecule has 0 bridgehead atoms. The maximum absolute atomic E-state index is 12.9. The molecule has 0 spiro atoms. The minimum Gasteiger partial charge on any atom is -0.364 e. The summed E-state index contributed by atoms with van der Waals surface area (Å²) in [6.45, 7) is 3.24. The van der Waals surface area contributed by atoms with Gasteiger partial charge in [-0.2, -0.15) is 13.2 Å². The molecule has 11 heteroatoms. The number of halogens is 5. The Balaban J connectivity index is 1.61. The molecule has 0 saturated heterocycles. The third kappa shape index (κ3) is 5.55. The SMILES string of the molecule is C[C@@H](NC(=O)CC1CC(F)(F)C1)c1ccc2nc([C@@H](N)COC(C)(C)C(F)(F)F)[nH]c2c1. The molecule has 2 aromatic rings. The van der Waals surface area contributed by atoms with Gasteiger partial charge in [0, 0.05) is 19.3 Å². The number of nitrogens with two attached hydrogens (primary N) is 1. The Morgan fingerprint density at radius 3 is 2.59 bits per heavy atom. The third-order valence-electron chi connectivity index (χ3n) is 5.71. The zero-order chi connectivity index (χ0) is 23.9. The number of rotatable bonds is 8. The standard InChI is InChI=1S/C21H27F5N4O2/c1-11(28-17(31)6-12-8-20(22,23)9-12)13-4-5-15-16(7-13)30-18(29-15)14(27)10-32-19(2,3)21(24,25)26/h4-5,7,11-12,14H,6,8-10,27H2,1-3H3,(H,28,31)(H,29,30)/t11-,14+/m1/s1. The van der Waals surface area contributed by atoms with E-state index in [4.69, 9.17) is 10.5 Å². The van der Waals surface area contributed by atoms with Crippen LogP contribution in [0.25, 0.3) is 11.0 Å². The minimum absolute atomic E-state index is 0.0551. The molecule has 2 atom stereocenters. The number of imidazole rings is 1. The molecule has 1 aliphatic carbocycles. The van der Waals surface area contributed by atoms with E-state index in [-0.39, 0.29) is 49.6 Å². The molecular weight excluding hydrogens is 435 g/mol. The van der Waals surface area contributed by atoms with E-state index in [1.165, 1.54) is 0 Å². The van der Waals surface area contributed by atoms with Crippen LogP contribution in [-0.2, 0) is 9.53 Å². The van der Waals surface area contributed by atoms with Gasteiger partial charge < -0.3 is 20.8 Å². The van der Waals surface area contributed by atoms with E-state index in [0.717, 1.165) is 19.4 Å². The van der Waals surface area contributed by atoms with Crippen LogP contribution in [0.3, 0.4) is 0 Å². The van der Waals surface area contributed by atoms with Crippen molar-refractivity contribution >= 4 is 16.9 Å². The highest BCUT2D eigenvalue weighted by Gasteiger charge is 2.49. The molecule has 178 valence electrons. The van der Waals surface area contributed by atoms with Crippen molar-refractivity contribution in [1.82, 2.24) is 15.3 Å². The number of fused-ring (bicyclic) bond motifs is 1. The second-order valence-corrected chi connectivity index (χ2v) is 8.95. The number of benzene rings is 1. The Morgan fingerprint density at radius 2 is 2.00 bits per heavy atom. The molecule has 1 fully saturated rings. The van der Waals surface area contributed by atoms with Crippen LogP contribution in [0, 0.1) is 5.92 Å². The van der Waals surface area contributed by atoms with Crippen molar-refractivity contribution in [3.05, 3.63) is 29.6 Å². The smallest absolute Gasteiger partial charge is 0.364 e. The predicted molar refractivity (Wildman–Crippen MR) is 108 cm³/mol. The van der Waals surface area contributed by atoms with Gasteiger partial charge in [-0.3, -0.25) is 4.79 Å². The van der Waals surface area contributed by atoms with Gasteiger partial charge in [0.05, 0.1) is 29.7 Å². The minimum atomic E-state index is -4.53. The quantitative estimate of drug-likeness (QED) is 0.503. The number of nitrogens with one attached hydrogen (secondary N) is 2. The molecule has 32 heavy (non-hydrogen) atoms. The van der Waals surface area contributed by atoms with Crippen LogP contribution >= 0.6 is 0 Å². The van der Waals surface area contributed by atoms with Crippen LogP contribution in [0.4, 0.5) is 22.0 Å². The molecule has 0 aliphatic heterocycles. The van der Waals surface area contributed by atoms with Gasteiger partial charge >= 0.3 is 6.18 Å². The molecular formula is C21H27F5N4O2. The number of alkyl halides is 5. The Morgan fingerprint density at radius 1 is 1.34 bits per heavy atom. The van der Waals surface area contributed by atoms with Crippen molar-refractivity contribution in [3.8, 4) is 0 Å². The van der Waals surface area contributed by atoms with E-state index in [0.29, 0.717) is 11.0 Å². The van der Waals surface area contributed by atoms with E-state index in [9.17, 15) is 26.7 Å². The van der Waals surface area contributed by atoms with Crippen molar-refractivity contribution in [1.29, 1.82) is 0 Å². The number of carbonyl (C=O) groups excluding carboxylic acids is 1. The first-order valence-corrected chi connectivity index (χ1v) is 10.3. The Labute approximate surface area is 182 Å². The van der Waals surface area contributed by atoms with Gasteiger partial charge in [0.2, 0.25) is 11.8 Å². The molecule has 1 aliphatic rings. The maximum atomic E-state index is 12.9. The summed E-state index contributed by atoms with van der Waals surface area (Å²) in [6, 6.07) is 3.94. The lowest BCUT2D eigenvalue weighted by atomic mass is 9.79. The fourth-order valence-corrected chi connectivity index (χ4v) is 3.53. The highest BCUT2D eigenvalue weighted by atomic mass is 19.4. The zero-order valence-electron chi connectivity index (χ0n) is 18.0. The molecule has 1 saturated carbocycles. The lowest BCUT2D eigenvalue weighted by molar-refractivity contribution is -0.264. The van der Waals surface area contributed by atoms with Crippen molar-refractivity contribution < 1.29 is 31.5 Å². The fraction of sp³-hybridized carbons (Fsp3) is 0.619. The topological polar surface area (TPSA) is 93.0 Å². The molecule has 0 radical (unpaired) electrons. The lowest BCUT2D eigenvalue weighted by Gasteiger charge is -2.34. The molecule has 1 aromatic carbocycles. The van der Waals surface area contributed by atoms with Crippen molar-refractivity contribution in [2.75, 3.05) is 6.61 Å². The first kappa shape index (κ1) is 24.4. The van der Waals surface area contributed by atoms with Crippen LogP contribution in [-0.4, -0.2) is 40.2 Å². The number of H-pyrrole nitrogens is 1. The second-order valence-electron chi connectivity index (χ2n) is 8.95. The van der Waals surface area contributed by atoms with Crippen LogP contribution in [0.15, 0.2) is 18.2 Å². The lowest BCUT2D eigenvalue weighted by Crippen LogP contribution is -2.43. The molecule has 1 heterocycles. The van der Waals surface area contributed by atoms with Gasteiger partial charge in [-0.25, -0.2) is 13.8 Å². The summed E-state index contributed by atoms with van der Waals surface area (Å²) >= 11 is 0. The van der Waals surface area contributed by atoms with Crippen molar-refractivity contribution in [2.45, 2.75) is 69.8 Å². The first-order valence-electron chi connectivity index (χ1n) is 10.3. The third-order valence-corrected chi connectivity index (χ3v) is 5.71. The summed E-state index contributed by atoms with van der Waals surface area (Å²) in [5.41, 5.74) is 5.53. The van der Waals surface area contributed by atoms with Crippen LogP contribution in [0.2, 0.25) is 0 Å². The van der Waals surface area contributed by atoms with E-state index in [2.05, 4.69) is 15.3 Å². The van der Waals surface area contributed by atoms with Gasteiger partial charge in [0.15, 0.2) is 5.60 Å². The number of hydrogen-bond donors (Lipinski definition) is 3. The summed E-state index contributed by atoms with van der Waals surface area (Å²) in [5, 5.41) is 2.80. The molecule has 1 aromatic heterocycles. The summed E-state index contributed by atoms with van der Waals surface area (Å²) in [6.07, 6.45) is -5.00. The van der Waals surface area contributed by atoms with E-state index >= 15 is 0 Å². The van der Waals surface area contributed by atoms with Crippen molar-refractivity contribution in [3.63, 3.8) is 0 Å². The Bertz CT molecular complexity index is 965. The highest BCUT2D eigenvalue weighted by molar-refractivity contribution is 5.78. The maximum Gasteiger partial charge on any atom is 0.416 e. The highest BCUT2D eigenvalue weighted by Crippen LogP contribution is 2.44. The number of aromatic amines is 1. The number of amides is 1. The van der Waals surface area contributed by atoms with Crippen LogP contribution < -0.4 is 11.1 Å². The molecule has 4 N–H and O–H groups in total. The van der Waals surface area contributed by atoms with E-state index in [1.54, 1.807) is 25.1 Å². The molecule has 6 nitrogen and oxygen atoms in total. The van der Waals surface area contributed by atoms with Gasteiger partial charge in [0.25, 0.3) is 0 Å². The van der Waals surface area contributed by atoms with Gasteiger partial charge in [-0.05, 0) is 44.4 Å². The molecule has 3 rings (SSSR count). The first-order chi connectivity index (χ1) is 14.7. The zero-order valence-corrected chi connectivity index (χ0v) is 18.0. The van der Waals surface area contributed by atoms with Crippen molar-refractivity contribution in [2.24, 2.45) is 11.7 Å². The number of nitrogens with zero attached hydrogens (tertiary/aromatic N) is 1. The number of carbonyl (C=O) groups is 1. The Kier molecular flexibility index (Phi) is 6.54. The average Bonchev–Trinajstić information content (AvgIpc) is 3.07. The van der Waals surface area contributed by atoms with Crippen LogP contribution in [0.5, 0.6) is 0 Å². The number of aromatic nitrogens is 2. The van der Waals surface area contributed by atoms with Gasteiger partial charge in [0.1, 0.15) is 5.82 Å². The largest absolute Gasteiger partial charge is 0.416 e. The summed E-state index contributed by atoms with van der Waals surface area (Å²) in [5.74, 6) is -2.98. The Hall–Kier alpha value is -2.27. The fourth-order valence-electron chi connectivity index (χ4n) is 3.53. The summed E-state index contributed by atoms with van der Waals surface area (Å²) in [7, 11) is 0. The molecule has 0 unspecified atom stereocenters. The number of hydrogen-bond acceptors (Lipinski definition) is 4. The molecule has 1 amide bonds. The predicted octanol–water partition coefficient (Wildman–Crippen LogP) is 4.53. The van der Waals surface area contributed by atoms with E-state index in [1.807, 2.05) is 0 Å². The van der Waals surface area contributed by atoms with E-state index < -0.39 is 23.7 Å². The summed E-state index contributed by atoms with van der Waals surface area (Å²) in [4.78, 5) is 19.4. The van der Waals surface area contributed by atoms with Gasteiger partial charge in [-0.1, -0.05) is 6.07 Å². The number of ether oxygens (including phenoxy) is 1.